The van der Waals surface area contributed by atoms with Gasteiger partial charge in [-0.3, -0.25) is 4.79 Å². The molecule has 2 aromatic carbocycles. The van der Waals surface area contributed by atoms with E-state index in [2.05, 4.69) is 30.9 Å². The normalized spacial score (nSPS) is 18.4. The van der Waals surface area contributed by atoms with Crippen molar-refractivity contribution >= 4 is 11.7 Å². The van der Waals surface area contributed by atoms with Crippen molar-refractivity contribution in [2.24, 2.45) is 0 Å². The molecule has 7 rings (SSSR count). The Balaban J connectivity index is 1.31. The quantitative estimate of drug-likeness (QED) is 0.162. The second-order valence-electron chi connectivity index (χ2n) is 11.8. The van der Waals surface area contributed by atoms with Crippen molar-refractivity contribution in [1.82, 2.24) is 25.6 Å². The highest BCUT2D eigenvalue weighted by Gasteiger charge is 2.41. The molecule has 4 aromatic rings. The van der Waals surface area contributed by atoms with E-state index < -0.39 is 36.2 Å². The van der Waals surface area contributed by atoms with Crippen LogP contribution in [-0.2, 0) is 6.54 Å². The number of piperidine rings is 2. The van der Waals surface area contributed by atoms with Crippen LogP contribution in [0.25, 0.3) is 22.6 Å². The number of rotatable bonds is 12. The number of pyridine rings is 1. The number of hydrogen-bond donors (Lipinski definition) is 3. The molecule has 3 aliphatic rings. The number of nitrogens with zero attached hydrogens (tertiary/aromatic N) is 3. The molecule has 2 aromatic heterocycles. The number of nitrogens with one attached hydrogen (secondary N) is 3. The molecule has 1 saturated carbocycles. The van der Waals surface area contributed by atoms with E-state index in [0.717, 1.165) is 25.7 Å². The van der Waals surface area contributed by atoms with Crippen LogP contribution in [0.15, 0.2) is 54.7 Å². The van der Waals surface area contributed by atoms with Gasteiger partial charge in [-0.05, 0) is 68.1 Å². The number of carbonyl (C=O) groups excluding carboxylic acids is 1. The summed E-state index contributed by atoms with van der Waals surface area (Å²) in [5.74, 6) is -1.52. The van der Waals surface area contributed by atoms with Gasteiger partial charge in [-0.15, -0.1) is 0 Å². The second-order valence-corrected chi connectivity index (χ2v) is 11.8. The number of alkyl halides is 2. The van der Waals surface area contributed by atoms with E-state index in [-0.39, 0.29) is 40.8 Å². The zero-order valence-electron chi connectivity index (χ0n) is 26.3. The fourth-order valence-corrected chi connectivity index (χ4v) is 6.04. The Morgan fingerprint density at radius 3 is 2.40 bits per heavy atom. The Labute approximate surface area is 274 Å². The highest BCUT2D eigenvalue weighted by molar-refractivity contribution is 5.97. The molecule has 2 bridgehead atoms. The maximum Gasteiger partial charge on any atom is 0.272 e. The lowest BCUT2D eigenvalue weighted by molar-refractivity contribution is 0.0784. The zero-order valence-corrected chi connectivity index (χ0v) is 26.3. The van der Waals surface area contributed by atoms with E-state index in [9.17, 15) is 13.6 Å². The van der Waals surface area contributed by atoms with E-state index in [1.165, 1.54) is 38.6 Å². The van der Waals surface area contributed by atoms with Gasteiger partial charge in [0.15, 0.2) is 11.6 Å². The summed E-state index contributed by atoms with van der Waals surface area (Å²) in [5, 5.41) is 9.33. The summed E-state index contributed by atoms with van der Waals surface area (Å²) in [6.45, 7) is -0.0644. The molecule has 4 heterocycles. The van der Waals surface area contributed by atoms with Crippen LogP contribution in [0.2, 0.25) is 0 Å². The van der Waals surface area contributed by atoms with Gasteiger partial charge in [0.05, 0.1) is 37.2 Å². The minimum Gasteiger partial charge on any atom is -0.497 e. The average Bonchev–Trinajstić information content (AvgIpc) is 3.11. The van der Waals surface area contributed by atoms with E-state index in [1.54, 1.807) is 30.3 Å². The van der Waals surface area contributed by atoms with Crippen molar-refractivity contribution in [2.75, 3.05) is 32.7 Å². The van der Waals surface area contributed by atoms with Crippen LogP contribution >= 0.6 is 0 Å². The van der Waals surface area contributed by atoms with Crippen LogP contribution in [0.1, 0.15) is 41.6 Å². The van der Waals surface area contributed by atoms with Gasteiger partial charge in [0.1, 0.15) is 35.2 Å². The monoisotopic (exact) mass is 666 g/mol. The molecule has 3 N–H and O–H groups in total. The SMILES string of the molecule is COc1ccc(CNc2ncc(-c3nc(-c4ccc(OCC(F)F)cc4)cc(C(=O)NC45CCC(CC4)NC5)c3F)nc2F)c(OC)c1. The molecule has 252 valence electrons. The Morgan fingerprint density at radius 1 is 1.00 bits per heavy atom. The third-order valence-electron chi connectivity index (χ3n) is 8.69. The highest BCUT2D eigenvalue weighted by Crippen LogP contribution is 2.35. The lowest BCUT2D eigenvalue weighted by Gasteiger charge is -2.47. The number of anilines is 1. The zero-order chi connectivity index (χ0) is 33.8. The molecule has 0 unspecified atom stereocenters. The average molecular weight is 667 g/mol. The molecule has 14 heteroatoms. The number of carbonyl (C=O) groups is 1. The Bertz CT molecular complexity index is 1770. The van der Waals surface area contributed by atoms with Gasteiger partial charge in [0.25, 0.3) is 18.3 Å². The first kappa shape index (κ1) is 32.9. The summed E-state index contributed by atoms with van der Waals surface area (Å²) in [6, 6.07) is 12.9. The van der Waals surface area contributed by atoms with Crippen LogP contribution in [0.4, 0.5) is 23.4 Å². The van der Waals surface area contributed by atoms with Gasteiger partial charge in [-0.25, -0.2) is 28.1 Å². The van der Waals surface area contributed by atoms with Gasteiger partial charge < -0.3 is 30.2 Å². The summed E-state index contributed by atoms with van der Waals surface area (Å²) in [6.07, 6.45) is 1.84. The number of amides is 1. The Hall–Kier alpha value is -4.98. The summed E-state index contributed by atoms with van der Waals surface area (Å²) in [7, 11) is 3.04. The molecule has 2 aliphatic heterocycles. The summed E-state index contributed by atoms with van der Waals surface area (Å²) < 4.78 is 72.5. The minimum absolute atomic E-state index is 0.138. The number of hydrogen-bond acceptors (Lipinski definition) is 9. The fraction of sp³-hybridized carbons (Fsp3) is 0.353. The van der Waals surface area contributed by atoms with Crippen LogP contribution in [0.3, 0.4) is 0 Å². The summed E-state index contributed by atoms with van der Waals surface area (Å²) >= 11 is 0. The van der Waals surface area contributed by atoms with Crippen molar-refractivity contribution in [3.63, 3.8) is 0 Å². The predicted molar refractivity (Wildman–Crippen MR) is 169 cm³/mol. The molecule has 1 aliphatic carbocycles. The molecular formula is C34H34F4N6O4. The van der Waals surface area contributed by atoms with E-state index in [1.807, 2.05) is 0 Å². The number of ether oxygens (including phenoxy) is 3. The number of aromatic nitrogens is 3. The topological polar surface area (TPSA) is 120 Å². The molecular weight excluding hydrogens is 632 g/mol. The molecule has 10 nitrogen and oxygen atoms in total. The highest BCUT2D eigenvalue weighted by atomic mass is 19.3. The fourth-order valence-electron chi connectivity index (χ4n) is 6.04. The van der Waals surface area contributed by atoms with Crippen LogP contribution in [0, 0.1) is 11.8 Å². The van der Waals surface area contributed by atoms with Gasteiger partial charge in [0.2, 0.25) is 0 Å². The number of methoxy groups -OCH3 is 2. The molecule has 3 fully saturated rings. The Kier molecular flexibility index (Phi) is 9.62. The first-order valence-electron chi connectivity index (χ1n) is 15.4. The maximum absolute atomic E-state index is 16.2. The van der Waals surface area contributed by atoms with Crippen molar-refractivity contribution in [2.45, 2.75) is 50.2 Å². The lowest BCUT2D eigenvalue weighted by Crippen LogP contribution is -2.64. The van der Waals surface area contributed by atoms with E-state index >= 15 is 8.78 Å². The molecule has 2 saturated heterocycles. The largest absolute Gasteiger partial charge is 0.497 e. The number of benzene rings is 2. The molecule has 0 radical (unpaired) electrons. The third-order valence-corrected chi connectivity index (χ3v) is 8.69. The second kappa shape index (κ2) is 14.0. The van der Waals surface area contributed by atoms with Gasteiger partial charge >= 0.3 is 0 Å². The van der Waals surface area contributed by atoms with Crippen molar-refractivity contribution in [3.8, 4) is 39.9 Å². The number of halogens is 4. The summed E-state index contributed by atoms with van der Waals surface area (Å²) in [4.78, 5) is 26.2. The molecule has 48 heavy (non-hydrogen) atoms. The van der Waals surface area contributed by atoms with Gasteiger partial charge in [-0.1, -0.05) is 0 Å². The minimum atomic E-state index is -2.64. The first-order valence-corrected chi connectivity index (χ1v) is 15.4. The molecule has 1 amide bonds. The van der Waals surface area contributed by atoms with E-state index in [4.69, 9.17) is 14.2 Å². The third kappa shape index (κ3) is 7.13. The van der Waals surface area contributed by atoms with E-state index in [0.29, 0.717) is 35.2 Å². The van der Waals surface area contributed by atoms with Crippen LogP contribution in [0.5, 0.6) is 17.2 Å². The maximum atomic E-state index is 16.2. The standard InChI is InChI=1S/C34H34F4N6O4/c1-46-23-8-5-20(27(13-23)47-2)15-39-32-31(38)43-26(16-40-32)30-29(37)24(33(45)44-34-11-9-21(10-12-34)41-18-34)14-25(42-30)19-3-6-22(7-4-19)48-17-28(35)36/h3-8,13-14,16,21,28,41H,9-12,15,17-18H2,1-2H3,(H,39,40)(H,44,45). The first-order chi connectivity index (χ1) is 23.2. The number of fused-ring (bicyclic) bond motifs is 3. The van der Waals surface area contributed by atoms with Gasteiger partial charge in [-0.2, -0.15) is 4.39 Å². The van der Waals surface area contributed by atoms with Gasteiger partial charge in [0, 0.05) is 36.3 Å². The van der Waals surface area contributed by atoms with Crippen LogP contribution < -0.4 is 30.2 Å². The predicted octanol–water partition coefficient (Wildman–Crippen LogP) is 5.77. The Morgan fingerprint density at radius 2 is 1.75 bits per heavy atom. The summed E-state index contributed by atoms with van der Waals surface area (Å²) in [5.41, 5.74) is -0.115. The van der Waals surface area contributed by atoms with Crippen LogP contribution in [-0.4, -0.2) is 66.2 Å². The van der Waals surface area contributed by atoms with Crippen molar-refractivity contribution < 1.29 is 36.6 Å². The van der Waals surface area contributed by atoms with Crippen molar-refractivity contribution in [1.29, 1.82) is 0 Å². The smallest absolute Gasteiger partial charge is 0.272 e. The molecule has 0 atom stereocenters. The molecule has 0 spiro atoms. The van der Waals surface area contributed by atoms with Crippen molar-refractivity contribution in [3.05, 3.63) is 77.6 Å². The lowest BCUT2D eigenvalue weighted by atomic mass is 9.75.